The number of nitrogens with zero attached hydrogens (tertiary/aromatic N) is 1. The zero-order valence-corrected chi connectivity index (χ0v) is 18.4. The number of carbonyl (C=O) groups excluding carboxylic acids is 3. The Labute approximate surface area is 187 Å². The second-order valence-electron chi connectivity index (χ2n) is 9.26. The molecule has 2 N–H and O–H groups in total. The normalized spacial score (nSPS) is 21.5. The minimum absolute atomic E-state index is 0.0141. The number of furan rings is 1. The van der Waals surface area contributed by atoms with Gasteiger partial charge in [0, 0.05) is 30.4 Å². The zero-order chi connectivity index (χ0) is 22.2. The Morgan fingerprint density at radius 1 is 1.06 bits per heavy atom. The van der Waals surface area contributed by atoms with Gasteiger partial charge in [0.05, 0.1) is 5.92 Å². The van der Waals surface area contributed by atoms with Crippen LogP contribution in [-0.2, 0) is 4.79 Å². The largest absolute Gasteiger partial charge is 0.456 e. The van der Waals surface area contributed by atoms with Crippen molar-refractivity contribution in [2.45, 2.75) is 57.4 Å². The predicted molar refractivity (Wildman–Crippen MR) is 120 cm³/mol. The Kier molecular flexibility index (Phi) is 5.49. The average Bonchev–Trinajstić information content (AvgIpc) is 3.53. The molecule has 1 saturated heterocycles. The fourth-order valence-corrected chi connectivity index (χ4v) is 5.37. The summed E-state index contributed by atoms with van der Waals surface area (Å²) in [6.45, 7) is 3.00. The summed E-state index contributed by atoms with van der Waals surface area (Å²) < 4.78 is 5.48. The van der Waals surface area contributed by atoms with Crippen LogP contribution in [0, 0.1) is 12.8 Å². The molecule has 1 unspecified atom stereocenters. The Morgan fingerprint density at radius 3 is 2.50 bits per heavy atom. The lowest BCUT2D eigenvalue weighted by atomic mass is 9.80. The molecular weight excluding hydrogens is 406 g/mol. The van der Waals surface area contributed by atoms with Crippen LogP contribution in [0.25, 0.3) is 0 Å². The van der Waals surface area contributed by atoms with Crippen LogP contribution in [0.3, 0.4) is 0 Å². The van der Waals surface area contributed by atoms with Crippen LogP contribution in [-0.4, -0.2) is 41.8 Å². The number of anilines is 1. The lowest BCUT2D eigenvalue weighted by Crippen LogP contribution is -2.40. The zero-order valence-electron chi connectivity index (χ0n) is 18.4. The van der Waals surface area contributed by atoms with Crippen molar-refractivity contribution >= 4 is 23.4 Å². The lowest BCUT2D eigenvalue weighted by Gasteiger charge is -2.33. The molecule has 2 aromatic rings. The number of fused-ring (bicyclic) bond motifs is 1. The van der Waals surface area contributed by atoms with Gasteiger partial charge in [-0.15, -0.1) is 0 Å². The number of hydrogen-bond donors (Lipinski definition) is 2. The Hall–Kier alpha value is -3.09. The maximum absolute atomic E-state index is 12.8. The van der Waals surface area contributed by atoms with Crippen LogP contribution in [0.1, 0.15) is 76.7 Å². The van der Waals surface area contributed by atoms with Crippen molar-refractivity contribution in [2.75, 3.05) is 18.4 Å². The second kappa shape index (κ2) is 8.45. The molecule has 2 fully saturated rings. The third kappa shape index (κ3) is 3.92. The van der Waals surface area contributed by atoms with E-state index >= 15 is 0 Å². The molecule has 0 radical (unpaired) electrons. The van der Waals surface area contributed by atoms with Gasteiger partial charge in [0.25, 0.3) is 11.8 Å². The van der Waals surface area contributed by atoms with E-state index in [0.717, 1.165) is 55.5 Å². The first-order valence-electron chi connectivity index (χ1n) is 11.6. The van der Waals surface area contributed by atoms with Crippen LogP contribution in [0.2, 0.25) is 0 Å². The van der Waals surface area contributed by atoms with E-state index in [1.807, 2.05) is 19.1 Å². The van der Waals surface area contributed by atoms with E-state index in [9.17, 15) is 14.4 Å². The molecule has 1 aliphatic carbocycles. The topological polar surface area (TPSA) is 91.7 Å². The number of aryl methyl sites for hydroxylation is 1. The van der Waals surface area contributed by atoms with E-state index in [4.69, 9.17) is 4.42 Å². The van der Waals surface area contributed by atoms with Crippen molar-refractivity contribution in [3.05, 3.63) is 53.0 Å². The van der Waals surface area contributed by atoms with Gasteiger partial charge in [0.2, 0.25) is 5.91 Å². The molecular formula is C25H29N3O4. The summed E-state index contributed by atoms with van der Waals surface area (Å²) in [6.07, 6.45) is 5.87. The number of hydrogen-bond acceptors (Lipinski definition) is 4. The third-order valence-corrected chi connectivity index (χ3v) is 7.13. The van der Waals surface area contributed by atoms with Crippen LogP contribution >= 0.6 is 0 Å². The molecule has 0 bridgehead atoms. The van der Waals surface area contributed by atoms with Crippen LogP contribution < -0.4 is 10.6 Å². The van der Waals surface area contributed by atoms with E-state index in [1.165, 1.54) is 0 Å². The summed E-state index contributed by atoms with van der Waals surface area (Å²) >= 11 is 0. The quantitative estimate of drug-likeness (QED) is 0.763. The molecule has 7 heteroatoms. The van der Waals surface area contributed by atoms with Gasteiger partial charge < -0.3 is 20.0 Å². The molecule has 168 valence electrons. The summed E-state index contributed by atoms with van der Waals surface area (Å²) in [5.41, 5.74) is 2.31. The molecule has 1 aromatic heterocycles. The molecule has 1 atom stereocenters. The summed E-state index contributed by atoms with van der Waals surface area (Å²) in [4.78, 5) is 40.0. The number of rotatable bonds is 4. The molecule has 2 aliphatic heterocycles. The van der Waals surface area contributed by atoms with Crippen molar-refractivity contribution in [3.8, 4) is 0 Å². The second-order valence-corrected chi connectivity index (χ2v) is 9.26. The van der Waals surface area contributed by atoms with E-state index in [-0.39, 0.29) is 35.6 Å². The number of carbonyl (C=O) groups is 3. The van der Waals surface area contributed by atoms with Gasteiger partial charge in [-0.2, -0.15) is 0 Å². The van der Waals surface area contributed by atoms with Gasteiger partial charge >= 0.3 is 0 Å². The van der Waals surface area contributed by atoms with Crippen molar-refractivity contribution in [2.24, 2.45) is 5.92 Å². The Morgan fingerprint density at radius 2 is 1.81 bits per heavy atom. The number of amides is 3. The van der Waals surface area contributed by atoms with Gasteiger partial charge in [0.15, 0.2) is 5.76 Å². The van der Waals surface area contributed by atoms with Crippen LogP contribution in [0.4, 0.5) is 5.69 Å². The van der Waals surface area contributed by atoms with Crippen LogP contribution in [0.15, 0.2) is 34.7 Å². The molecule has 7 nitrogen and oxygen atoms in total. The number of likely N-dealkylation sites (tertiary alicyclic amines) is 1. The van der Waals surface area contributed by atoms with Gasteiger partial charge in [-0.05, 0) is 74.4 Å². The summed E-state index contributed by atoms with van der Waals surface area (Å²) in [5, 5.41) is 6.11. The fourth-order valence-electron chi connectivity index (χ4n) is 5.37. The monoisotopic (exact) mass is 435 g/mol. The van der Waals surface area contributed by atoms with Gasteiger partial charge in [-0.1, -0.05) is 12.8 Å². The average molecular weight is 436 g/mol. The van der Waals surface area contributed by atoms with E-state index in [1.54, 1.807) is 23.1 Å². The van der Waals surface area contributed by atoms with E-state index < -0.39 is 0 Å². The predicted octanol–water partition coefficient (Wildman–Crippen LogP) is 3.85. The SMILES string of the molecule is Cc1ccc(C(=O)N2CCC(C3C(=O)Nc4ccc(C(=O)NC5CCCC5)cc43)CC2)o1. The molecule has 3 aliphatic rings. The molecule has 3 amide bonds. The molecule has 1 aromatic carbocycles. The van der Waals surface area contributed by atoms with Crippen molar-refractivity contribution < 1.29 is 18.8 Å². The standard InChI is InChI=1S/C25H29N3O4/c1-15-6-9-21(32-15)25(31)28-12-10-16(11-13-28)22-19-14-17(7-8-20(19)27-24(22)30)23(29)26-18-4-2-3-5-18/h6-9,14,16,18,22H,2-5,10-13H2,1H3,(H,26,29)(H,27,30). The fraction of sp³-hybridized carbons (Fsp3) is 0.480. The summed E-state index contributed by atoms with van der Waals surface area (Å²) in [7, 11) is 0. The van der Waals surface area contributed by atoms with E-state index in [2.05, 4.69) is 10.6 Å². The molecule has 32 heavy (non-hydrogen) atoms. The van der Waals surface area contributed by atoms with Crippen molar-refractivity contribution in [1.82, 2.24) is 10.2 Å². The molecule has 0 spiro atoms. The van der Waals surface area contributed by atoms with Gasteiger partial charge in [0.1, 0.15) is 5.76 Å². The minimum Gasteiger partial charge on any atom is -0.456 e. The Balaban J connectivity index is 1.28. The Bertz CT molecular complexity index is 1050. The molecule has 1 saturated carbocycles. The summed E-state index contributed by atoms with van der Waals surface area (Å²) in [6, 6.07) is 9.27. The maximum Gasteiger partial charge on any atom is 0.289 e. The number of benzene rings is 1. The third-order valence-electron chi connectivity index (χ3n) is 7.13. The highest BCUT2D eigenvalue weighted by molar-refractivity contribution is 6.05. The smallest absolute Gasteiger partial charge is 0.289 e. The highest BCUT2D eigenvalue weighted by atomic mass is 16.3. The maximum atomic E-state index is 12.8. The highest BCUT2D eigenvalue weighted by Gasteiger charge is 2.39. The minimum atomic E-state index is -0.285. The lowest BCUT2D eigenvalue weighted by molar-refractivity contribution is -0.118. The first-order chi connectivity index (χ1) is 15.5. The molecule has 5 rings (SSSR count). The van der Waals surface area contributed by atoms with Crippen molar-refractivity contribution in [1.29, 1.82) is 0 Å². The first kappa shape index (κ1) is 20.8. The number of nitrogens with one attached hydrogen (secondary N) is 2. The van der Waals surface area contributed by atoms with Gasteiger partial charge in [-0.25, -0.2) is 0 Å². The van der Waals surface area contributed by atoms with Crippen molar-refractivity contribution in [3.63, 3.8) is 0 Å². The van der Waals surface area contributed by atoms with Gasteiger partial charge in [-0.3, -0.25) is 14.4 Å². The van der Waals surface area contributed by atoms with Crippen LogP contribution in [0.5, 0.6) is 0 Å². The van der Waals surface area contributed by atoms with E-state index in [0.29, 0.717) is 24.4 Å². The highest BCUT2D eigenvalue weighted by Crippen LogP contribution is 2.42. The molecule has 3 heterocycles. The summed E-state index contributed by atoms with van der Waals surface area (Å²) in [5.74, 6) is 0.752. The number of piperidine rings is 1. The first-order valence-corrected chi connectivity index (χ1v) is 11.6.